The summed E-state index contributed by atoms with van der Waals surface area (Å²) in [6.45, 7) is 10.1. The number of anilines is 2. The minimum absolute atomic E-state index is 0.0938. The van der Waals surface area contributed by atoms with Crippen LogP contribution in [0.3, 0.4) is 0 Å². The van der Waals surface area contributed by atoms with Crippen LogP contribution in [0.5, 0.6) is 0 Å². The van der Waals surface area contributed by atoms with Crippen LogP contribution in [0.15, 0.2) is 43.2 Å². The van der Waals surface area contributed by atoms with Gasteiger partial charge in [-0.2, -0.15) is 5.10 Å². The molecule has 1 fully saturated rings. The number of piperazine rings is 1. The minimum atomic E-state index is -0.268. The molecular formula is C35H47N13O4. The lowest BCUT2D eigenvalue weighted by molar-refractivity contribution is -0.122. The zero-order chi connectivity index (χ0) is 36.1. The second kappa shape index (κ2) is 18.3. The van der Waals surface area contributed by atoms with Crippen molar-refractivity contribution in [2.24, 2.45) is 0 Å². The number of hydrogen-bond acceptors (Lipinski definition) is 13. The molecule has 2 amide bonds. The number of rotatable bonds is 19. The number of hydrogen-bond donors (Lipinski definition) is 4. The van der Waals surface area contributed by atoms with Crippen molar-refractivity contribution in [3.8, 4) is 11.3 Å². The summed E-state index contributed by atoms with van der Waals surface area (Å²) in [5.41, 5.74) is 9.60. The standard InChI is InChI=1S/C35H47N13O4/c1-2-16-51-19-15-46-11-13-47(14-12-46)35-41-22-27(23-42-35)34(50)39-9-18-52-17-6-28(49)37-7-3-4-10-48-33-29(31(36)43-24-44-33)30(45-48)26-20-25-5-8-38-32(25)40-21-26/h5,8,20-24H,2-4,6-7,9-19H2,1H3,(H,37,49)(H,38,40)(H,39,50)(H2,36,43,44). The minimum Gasteiger partial charge on any atom is -0.383 e. The van der Waals surface area contributed by atoms with Crippen LogP contribution < -0.4 is 21.3 Å². The molecule has 17 nitrogen and oxygen atoms in total. The van der Waals surface area contributed by atoms with Crippen LogP contribution in [0.4, 0.5) is 11.8 Å². The number of ether oxygens (including phenoxy) is 2. The van der Waals surface area contributed by atoms with Gasteiger partial charge in [0, 0.05) is 101 Å². The number of nitrogens with two attached hydrogens (primary N) is 1. The van der Waals surface area contributed by atoms with E-state index in [0.29, 0.717) is 53.7 Å². The van der Waals surface area contributed by atoms with Crippen molar-refractivity contribution in [3.05, 3.63) is 48.8 Å². The first-order chi connectivity index (χ1) is 25.5. The van der Waals surface area contributed by atoms with Gasteiger partial charge in [-0.1, -0.05) is 6.92 Å². The van der Waals surface area contributed by atoms with Crippen LogP contribution in [0.25, 0.3) is 33.3 Å². The molecule has 0 radical (unpaired) electrons. The molecule has 0 unspecified atom stereocenters. The van der Waals surface area contributed by atoms with E-state index in [0.717, 1.165) is 81.8 Å². The van der Waals surface area contributed by atoms with Crippen LogP contribution >= 0.6 is 0 Å². The molecule has 5 aromatic rings. The molecule has 276 valence electrons. The van der Waals surface area contributed by atoms with Crippen molar-refractivity contribution in [1.29, 1.82) is 0 Å². The van der Waals surface area contributed by atoms with E-state index >= 15 is 0 Å². The van der Waals surface area contributed by atoms with Gasteiger partial charge in [0.1, 0.15) is 23.5 Å². The summed E-state index contributed by atoms with van der Waals surface area (Å²) in [4.78, 5) is 54.4. The van der Waals surface area contributed by atoms with Gasteiger partial charge < -0.3 is 35.7 Å². The lowest BCUT2D eigenvalue weighted by Crippen LogP contribution is -2.47. The Balaban J connectivity index is 0.832. The second-order valence-electron chi connectivity index (χ2n) is 12.6. The summed E-state index contributed by atoms with van der Waals surface area (Å²) in [7, 11) is 0. The molecule has 52 heavy (non-hydrogen) atoms. The first-order valence-corrected chi connectivity index (χ1v) is 17.9. The highest BCUT2D eigenvalue weighted by molar-refractivity contribution is 5.99. The normalized spacial score (nSPS) is 13.6. The SMILES string of the molecule is CCCOCCN1CCN(c2ncc(C(=O)NCCOCCC(=O)NCCCCn3nc(-c4cnc5[nH]ccc5c4)c4c(N)ncnc43)cn2)CC1. The summed E-state index contributed by atoms with van der Waals surface area (Å²) in [5, 5.41) is 12.2. The average molecular weight is 714 g/mol. The molecule has 0 aromatic carbocycles. The van der Waals surface area contributed by atoms with E-state index in [4.69, 9.17) is 20.3 Å². The lowest BCUT2D eigenvalue weighted by atomic mass is 10.1. The number of fused-ring (bicyclic) bond motifs is 2. The van der Waals surface area contributed by atoms with Crippen molar-refractivity contribution < 1.29 is 19.1 Å². The van der Waals surface area contributed by atoms with Gasteiger partial charge >= 0.3 is 0 Å². The van der Waals surface area contributed by atoms with Crippen LogP contribution in [-0.4, -0.2) is 129 Å². The first kappa shape index (κ1) is 36.5. The lowest BCUT2D eigenvalue weighted by Gasteiger charge is -2.34. The summed E-state index contributed by atoms with van der Waals surface area (Å²) in [6.07, 6.45) is 10.9. The Kier molecular flexibility index (Phi) is 12.9. The topological polar surface area (TPSA) is 207 Å². The summed E-state index contributed by atoms with van der Waals surface area (Å²) < 4.78 is 13.0. The van der Waals surface area contributed by atoms with Gasteiger partial charge in [0.15, 0.2) is 5.65 Å². The van der Waals surface area contributed by atoms with E-state index in [9.17, 15) is 9.59 Å². The molecule has 1 aliphatic rings. The van der Waals surface area contributed by atoms with Crippen molar-refractivity contribution >= 4 is 45.6 Å². The largest absolute Gasteiger partial charge is 0.383 e. The first-order valence-electron chi connectivity index (χ1n) is 17.9. The number of unbranched alkanes of at least 4 members (excludes halogenated alkanes) is 1. The third kappa shape index (κ3) is 9.54. The Hall–Kier alpha value is -5.26. The van der Waals surface area contributed by atoms with Crippen LogP contribution in [-0.2, 0) is 20.8 Å². The van der Waals surface area contributed by atoms with E-state index < -0.39 is 0 Å². The molecule has 6 heterocycles. The van der Waals surface area contributed by atoms with Crippen LogP contribution in [0, 0.1) is 0 Å². The van der Waals surface area contributed by atoms with Crippen LogP contribution in [0.2, 0.25) is 0 Å². The molecule has 5 N–H and O–H groups in total. The van der Waals surface area contributed by atoms with E-state index in [2.05, 4.69) is 57.3 Å². The van der Waals surface area contributed by atoms with Gasteiger partial charge in [-0.05, 0) is 31.4 Å². The average Bonchev–Trinajstić information content (AvgIpc) is 3.80. The predicted molar refractivity (Wildman–Crippen MR) is 197 cm³/mol. The van der Waals surface area contributed by atoms with Crippen LogP contribution in [0.1, 0.15) is 43.0 Å². The molecule has 0 saturated carbocycles. The van der Waals surface area contributed by atoms with E-state index in [1.165, 1.54) is 6.33 Å². The molecule has 0 atom stereocenters. The summed E-state index contributed by atoms with van der Waals surface area (Å²) >= 11 is 0. The number of amides is 2. The van der Waals surface area contributed by atoms with Crippen molar-refractivity contribution in [2.45, 2.75) is 39.2 Å². The predicted octanol–water partition coefficient (Wildman–Crippen LogP) is 2.02. The fraction of sp³-hybridized carbons (Fsp3) is 0.486. The quantitative estimate of drug-likeness (QED) is 0.0905. The number of aryl methyl sites for hydroxylation is 1. The van der Waals surface area contributed by atoms with E-state index in [1.54, 1.807) is 18.6 Å². The monoisotopic (exact) mass is 713 g/mol. The van der Waals surface area contributed by atoms with Gasteiger partial charge in [-0.15, -0.1) is 0 Å². The molecule has 1 aliphatic heterocycles. The maximum absolute atomic E-state index is 12.5. The molecule has 6 rings (SSSR count). The fourth-order valence-electron chi connectivity index (χ4n) is 5.98. The third-order valence-corrected chi connectivity index (χ3v) is 8.81. The number of carbonyl (C=O) groups excluding carboxylic acids is 2. The number of aromatic amines is 1. The third-order valence-electron chi connectivity index (χ3n) is 8.81. The molecule has 0 aliphatic carbocycles. The van der Waals surface area contributed by atoms with Crippen molar-refractivity contribution in [3.63, 3.8) is 0 Å². The maximum atomic E-state index is 12.5. The van der Waals surface area contributed by atoms with Gasteiger partial charge in [-0.3, -0.25) is 14.5 Å². The van der Waals surface area contributed by atoms with Gasteiger partial charge in [0.05, 0.1) is 30.8 Å². The zero-order valence-electron chi connectivity index (χ0n) is 29.6. The van der Waals surface area contributed by atoms with Crippen molar-refractivity contribution in [2.75, 3.05) is 82.9 Å². The van der Waals surface area contributed by atoms with Gasteiger partial charge in [0.25, 0.3) is 5.91 Å². The van der Waals surface area contributed by atoms with Gasteiger partial charge in [-0.25, -0.2) is 29.6 Å². The Morgan fingerprint density at radius 2 is 1.73 bits per heavy atom. The van der Waals surface area contributed by atoms with E-state index in [1.807, 2.05) is 23.0 Å². The number of H-pyrrole nitrogens is 1. The molecule has 0 spiro atoms. The highest BCUT2D eigenvalue weighted by Crippen LogP contribution is 2.31. The molecular weight excluding hydrogens is 666 g/mol. The molecule has 0 bridgehead atoms. The zero-order valence-corrected chi connectivity index (χ0v) is 29.6. The summed E-state index contributed by atoms with van der Waals surface area (Å²) in [6, 6.07) is 3.97. The van der Waals surface area contributed by atoms with E-state index in [-0.39, 0.29) is 31.4 Å². The maximum Gasteiger partial charge on any atom is 0.254 e. The van der Waals surface area contributed by atoms with Gasteiger partial charge in [0.2, 0.25) is 11.9 Å². The molecule has 1 saturated heterocycles. The number of nitrogens with zero attached hydrogens (tertiary/aromatic N) is 9. The Morgan fingerprint density at radius 3 is 2.56 bits per heavy atom. The van der Waals surface area contributed by atoms with Crippen molar-refractivity contribution in [1.82, 2.24) is 55.2 Å². The smallest absolute Gasteiger partial charge is 0.254 e. The molecule has 17 heteroatoms. The highest BCUT2D eigenvalue weighted by Gasteiger charge is 2.20. The summed E-state index contributed by atoms with van der Waals surface area (Å²) in [5.74, 6) is 0.627. The fourth-order valence-corrected chi connectivity index (χ4v) is 5.98. The Bertz CT molecular complexity index is 1900. The highest BCUT2D eigenvalue weighted by atomic mass is 16.5. The number of nitrogen functional groups attached to an aromatic ring is 1. The second-order valence-corrected chi connectivity index (χ2v) is 12.6. The number of aromatic nitrogens is 8. The number of pyridine rings is 1. The number of carbonyl (C=O) groups is 2. The molecule has 5 aromatic heterocycles. The Morgan fingerprint density at radius 1 is 0.904 bits per heavy atom. The Labute approximate surface area is 301 Å². The number of nitrogens with one attached hydrogen (secondary N) is 3.